The van der Waals surface area contributed by atoms with E-state index in [0.29, 0.717) is 0 Å². The molecule has 2 heterocycles. The van der Waals surface area contributed by atoms with Crippen LogP contribution in [0, 0.1) is 0 Å². The van der Waals surface area contributed by atoms with E-state index in [2.05, 4.69) is 32.2 Å². The Morgan fingerprint density at radius 3 is 2.37 bits per heavy atom. The molecule has 142 valence electrons. The Kier molecular flexibility index (Phi) is 6.26. The zero-order chi connectivity index (χ0) is 17.9. The highest BCUT2D eigenvalue weighted by atomic mass is 79.9. The number of nitrogens with zero attached hydrogens (tertiary/aromatic N) is 2. The number of hydrogen-bond donors (Lipinski definition) is 0. The van der Waals surface area contributed by atoms with Crippen molar-refractivity contribution in [2.75, 3.05) is 0 Å². The Bertz CT molecular complexity index is 879. The maximum Gasteiger partial charge on any atom is 0.387 e. The summed E-state index contributed by atoms with van der Waals surface area (Å²) in [6.07, 6.45) is 6.73. The maximum absolute atomic E-state index is 12.4. The van der Waals surface area contributed by atoms with Gasteiger partial charge in [-0.1, -0.05) is 18.2 Å². The highest BCUT2D eigenvalue weighted by molar-refractivity contribution is 5.57. The Labute approximate surface area is 168 Å². The fourth-order valence-corrected chi connectivity index (χ4v) is 3.62. The quantitative estimate of drug-likeness (QED) is 0.572. The highest BCUT2D eigenvalue weighted by Gasteiger charge is 2.26. The lowest BCUT2D eigenvalue weighted by Crippen LogP contribution is -3.00. The van der Waals surface area contributed by atoms with Crippen LogP contribution in [0.5, 0.6) is 5.75 Å². The molecular weight excluding hydrogens is 414 g/mol. The summed E-state index contributed by atoms with van der Waals surface area (Å²) < 4.78 is 33.8. The first kappa shape index (κ1) is 19.5. The van der Waals surface area contributed by atoms with Crippen LogP contribution in [0.3, 0.4) is 0 Å². The zero-order valence-electron chi connectivity index (χ0n) is 14.8. The summed E-state index contributed by atoms with van der Waals surface area (Å²) in [6.45, 7) is -1.83. The third kappa shape index (κ3) is 4.21. The SMILES string of the molecule is FC(F)Oc1ccc(-c2cn(-c3ccccc3)c3[n+]2CCCCC3)cc1.[Br-]. The topological polar surface area (TPSA) is 18.0 Å². The first-order valence-electron chi connectivity index (χ1n) is 8.97. The monoisotopic (exact) mass is 434 g/mol. The van der Waals surface area contributed by atoms with E-state index in [1.54, 1.807) is 12.1 Å². The third-order valence-electron chi connectivity index (χ3n) is 4.82. The molecule has 0 radical (unpaired) electrons. The Hall–Kier alpha value is -2.21. The number of fused-ring (bicyclic) bond motifs is 1. The van der Waals surface area contributed by atoms with Crippen molar-refractivity contribution < 1.29 is 35.1 Å². The van der Waals surface area contributed by atoms with E-state index in [9.17, 15) is 8.78 Å². The van der Waals surface area contributed by atoms with E-state index in [-0.39, 0.29) is 22.7 Å². The number of hydrogen-bond acceptors (Lipinski definition) is 1. The van der Waals surface area contributed by atoms with Gasteiger partial charge in [-0.05, 0) is 55.7 Å². The van der Waals surface area contributed by atoms with Gasteiger partial charge in [0.15, 0.2) is 5.69 Å². The Balaban J connectivity index is 0.00000210. The Morgan fingerprint density at radius 2 is 1.67 bits per heavy atom. The zero-order valence-corrected chi connectivity index (χ0v) is 16.4. The van der Waals surface area contributed by atoms with Gasteiger partial charge < -0.3 is 21.7 Å². The summed E-state index contributed by atoms with van der Waals surface area (Å²) in [5.41, 5.74) is 3.25. The van der Waals surface area contributed by atoms with Crippen LogP contribution in [0.4, 0.5) is 8.78 Å². The molecule has 0 atom stereocenters. The van der Waals surface area contributed by atoms with Crippen molar-refractivity contribution in [2.45, 2.75) is 38.8 Å². The molecule has 3 nitrogen and oxygen atoms in total. The fraction of sp³-hybridized carbons (Fsp3) is 0.286. The smallest absolute Gasteiger partial charge is 0.387 e. The first-order chi connectivity index (χ1) is 12.7. The standard InChI is InChI=1S/C21H21F2N2O.BrH/c22-21(23)26-18-12-10-16(11-13-18)19-15-25(17-7-3-1-4-8-17)20-9-5-2-6-14-24(19)20;/h1,3-4,7-8,10-13,15,21H,2,5-6,9,14H2;1H/q+1;/p-1. The van der Waals surface area contributed by atoms with Crippen molar-refractivity contribution in [2.24, 2.45) is 0 Å². The largest absolute Gasteiger partial charge is 1.00 e. The van der Waals surface area contributed by atoms with Gasteiger partial charge in [0.2, 0.25) is 0 Å². The van der Waals surface area contributed by atoms with Gasteiger partial charge >= 0.3 is 6.61 Å². The number of alkyl halides is 2. The Morgan fingerprint density at radius 1 is 0.926 bits per heavy atom. The van der Waals surface area contributed by atoms with Crippen molar-refractivity contribution in [3.63, 3.8) is 0 Å². The van der Waals surface area contributed by atoms with Crippen LogP contribution < -0.4 is 26.3 Å². The van der Waals surface area contributed by atoms with Gasteiger partial charge in [0, 0.05) is 12.0 Å². The summed E-state index contributed by atoms with van der Waals surface area (Å²) in [4.78, 5) is 0. The summed E-state index contributed by atoms with van der Waals surface area (Å²) in [6, 6.07) is 17.2. The predicted molar refractivity (Wildman–Crippen MR) is 95.6 cm³/mol. The molecule has 0 saturated carbocycles. The number of benzene rings is 2. The summed E-state index contributed by atoms with van der Waals surface area (Å²) in [5.74, 6) is 1.47. The first-order valence-corrected chi connectivity index (χ1v) is 8.97. The van der Waals surface area contributed by atoms with Gasteiger partial charge in [-0.2, -0.15) is 13.3 Å². The average Bonchev–Trinajstić information content (AvgIpc) is 2.84. The van der Waals surface area contributed by atoms with E-state index in [1.165, 1.54) is 18.7 Å². The van der Waals surface area contributed by atoms with Gasteiger partial charge in [0.25, 0.3) is 5.82 Å². The predicted octanol–water partition coefficient (Wildman–Crippen LogP) is 1.76. The summed E-state index contributed by atoms with van der Waals surface area (Å²) >= 11 is 0. The molecule has 1 aliphatic rings. The molecule has 0 N–H and O–H groups in total. The van der Waals surface area contributed by atoms with E-state index in [4.69, 9.17) is 0 Å². The second-order valence-corrected chi connectivity index (χ2v) is 6.50. The van der Waals surface area contributed by atoms with Crippen LogP contribution in [-0.4, -0.2) is 11.2 Å². The van der Waals surface area contributed by atoms with E-state index in [1.807, 2.05) is 30.3 Å². The fourth-order valence-electron chi connectivity index (χ4n) is 3.62. The van der Waals surface area contributed by atoms with E-state index < -0.39 is 6.61 Å². The van der Waals surface area contributed by atoms with Crippen LogP contribution in [-0.2, 0) is 13.0 Å². The minimum atomic E-state index is -2.80. The highest BCUT2D eigenvalue weighted by Crippen LogP contribution is 2.25. The van der Waals surface area contributed by atoms with Crippen molar-refractivity contribution in [3.05, 3.63) is 66.6 Å². The molecule has 27 heavy (non-hydrogen) atoms. The van der Waals surface area contributed by atoms with E-state index in [0.717, 1.165) is 36.3 Å². The third-order valence-corrected chi connectivity index (χ3v) is 4.82. The number of ether oxygens (including phenoxy) is 1. The number of halogens is 3. The minimum Gasteiger partial charge on any atom is -1.00 e. The van der Waals surface area contributed by atoms with Gasteiger partial charge in [0.05, 0.1) is 6.54 Å². The van der Waals surface area contributed by atoms with Crippen molar-refractivity contribution in [1.29, 1.82) is 0 Å². The van der Waals surface area contributed by atoms with Crippen LogP contribution in [0.15, 0.2) is 60.8 Å². The molecule has 1 aromatic heterocycles. The second-order valence-electron chi connectivity index (χ2n) is 6.50. The molecule has 0 aliphatic carbocycles. The van der Waals surface area contributed by atoms with Gasteiger partial charge in [-0.3, -0.25) is 0 Å². The van der Waals surface area contributed by atoms with Gasteiger partial charge in [0.1, 0.15) is 17.6 Å². The molecule has 6 heteroatoms. The van der Waals surface area contributed by atoms with Gasteiger partial charge in [-0.25, -0.2) is 4.57 Å². The molecule has 3 aromatic rings. The molecular formula is C21H21BrF2N2O. The van der Waals surface area contributed by atoms with Gasteiger partial charge in [-0.15, -0.1) is 0 Å². The molecule has 0 unspecified atom stereocenters. The van der Waals surface area contributed by atoms with Crippen LogP contribution in [0.1, 0.15) is 25.1 Å². The van der Waals surface area contributed by atoms with Crippen molar-refractivity contribution in [1.82, 2.24) is 4.57 Å². The maximum atomic E-state index is 12.4. The number of aromatic nitrogens is 2. The average molecular weight is 435 g/mol. The molecule has 0 spiro atoms. The molecule has 2 aromatic carbocycles. The molecule has 0 saturated heterocycles. The van der Waals surface area contributed by atoms with E-state index >= 15 is 0 Å². The number of rotatable bonds is 4. The minimum absolute atomic E-state index is 0. The molecule has 4 rings (SSSR count). The number of imidazole rings is 1. The summed E-state index contributed by atoms with van der Waals surface area (Å²) in [7, 11) is 0. The lowest BCUT2D eigenvalue weighted by molar-refractivity contribution is -0.692. The molecule has 1 aliphatic heterocycles. The lowest BCUT2D eigenvalue weighted by atomic mass is 10.1. The second kappa shape index (κ2) is 8.65. The normalized spacial score (nSPS) is 13.6. The van der Waals surface area contributed by atoms with Crippen molar-refractivity contribution >= 4 is 0 Å². The molecule has 0 fully saturated rings. The van der Waals surface area contributed by atoms with Crippen LogP contribution >= 0.6 is 0 Å². The van der Waals surface area contributed by atoms with Crippen LogP contribution in [0.2, 0.25) is 0 Å². The lowest BCUT2D eigenvalue weighted by Gasteiger charge is -2.05. The van der Waals surface area contributed by atoms with Crippen LogP contribution in [0.25, 0.3) is 16.9 Å². The summed E-state index contributed by atoms with van der Waals surface area (Å²) in [5, 5.41) is 0. The number of para-hydroxylation sites is 1. The molecule has 0 bridgehead atoms. The van der Waals surface area contributed by atoms with Crippen molar-refractivity contribution in [3.8, 4) is 22.7 Å². The molecule has 0 amide bonds.